The molecule has 2 N–H and O–H groups in total. The van der Waals surface area contributed by atoms with Gasteiger partial charge in [0.1, 0.15) is 0 Å². The minimum absolute atomic E-state index is 0.0886. The predicted molar refractivity (Wildman–Crippen MR) is 80.7 cm³/mol. The quantitative estimate of drug-likeness (QED) is 0.886. The maximum atomic E-state index is 10.6. The Kier molecular flexibility index (Phi) is 4.76. The number of nitrogens with zero attached hydrogens (tertiary/aromatic N) is 1. The number of rotatable bonds is 4. The average Bonchev–Trinajstić information content (AvgIpc) is 2.46. The number of aliphatic hydroxyl groups is 2. The van der Waals surface area contributed by atoms with E-state index in [4.69, 9.17) is 9.47 Å². The van der Waals surface area contributed by atoms with E-state index in [1.54, 1.807) is 14.2 Å². The van der Waals surface area contributed by atoms with Crippen LogP contribution in [0.5, 0.6) is 11.5 Å². The molecule has 0 radical (unpaired) electrons. The molecule has 0 saturated heterocycles. The number of likely N-dealkylation sites (N-methyl/N-ethyl adjacent to an activating group) is 1. The Morgan fingerprint density at radius 3 is 2.10 bits per heavy atom. The minimum atomic E-state index is -0.746. The number of aliphatic hydroxyl groups excluding tert-OH is 2. The maximum absolute atomic E-state index is 10.6. The number of hydrogen-bond acceptors (Lipinski definition) is 5. The number of fused-ring (bicyclic) bond motifs is 1. The fourth-order valence-electron chi connectivity index (χ4n) is 3.34. The second kappa shape index (κ2) is 6.22. The summed E-state index contributed by atoms with van der Waals surface area (Å²) in [5.41, 5.74) is 1.84. The Bertz CT molecular complexity index is 503. The van der Waals surface area contributed by atoms with Crippen molar-refractivity contribution in [1.82, 2.24) is 4.90 Å². The molecular formula is C16H25NO4. The lowest BCUT2D eigenvalue weighted by molar-refractivity contribution is -0.0194. The first-order chi connectivity index (χ1) is 9.96. The van der Waals surface area contributed by atoms with Gasteiger partial charge in [0.2, 0.25) is 0 Å². The molecule has 3 atom stereocenters. The summed E-state index contributed by atoms with van der Waals surface area (Å²) in [5, 5.41) is 20.2. The third kappa shape index (κ3) is 2.61. The predicted octanol–water partition coefficient (Wildman–Crippen LogP) is 1.74. The molecule has 0 amide bonds. The third-order valence-electron chi connectivity index (χ3n) is 4.37. The Hall–Kier alpha value is -1.30. The SMILES string of the molecule is COc1cc2c(cc1OC)[C@H](C(C)C)N(C)[C@@H](CO)[C@@H]2O. The van der Waals surface area contributed by atoms with Crippen molar-refractivity contribution < 1.29 is 19.7 Å². The van der Waals surface area contributed by atoms with E-state index in [0.29, 0.717) is 17.4 Å². The lowest BCUT2D eigenvalue weighted by Crippen LogP contribution is -2.47. The van der Waals surface area contributed by atoms with Gasteiger partial charge in [0, 0.05) is 6.04 Å². The normalized spacial score (nSPS) is 25.8. The number of benzene rings is 1. The van der Waals surface area contributed by atoms with Crippen LogP contribution < -0.4 is 9.47 Å². The summed E-state index contributed by atoms with van der Waals surface area (Å²) in [4.78, 5) is 2.05. The van der Waals surface area contributed by atoms with Crippen LogP contribution in [0.1, 0.15) is 37.1 Å². The number of ether oxygens (including phenoxy) is 2. The van der Waals surface area contributed by atoms with Gasteiger partial charge in [-0.1, -0.05) is 13.8 Å². The van der Waals surface area contributed by atoms with Crippen LogP contribution in [0.2, 0.25) is 0 Å². The molecule has 1 aliphatic heterocycles. The highest BCUT2D eigenvalue weighted by Gasteiger charge is 2.39. The average molecular weight is 295 g/mol. The third-order valence-corrected chi connectivity index (χ3v) is 4.37. The van der Waals surface area contributed by atoms with Crippen LogP contribution in [-0.2, 0) is 0 Å². The van der Waals surface area contributed by atoms with Gasteiger partial charge in [-0.2, -0.15) is 0 Å². The molecule has 0 unspecified atom stereocenters. The van der Waals surface area contributed by atoms with Crippen molar-refractivity contribution in [2.45, 2.75) is 32.0 Å². The highest BCUT2D eigenvalue weighted by molar-refractivity contribution is 5.50. The van der Waals surface area contributed by atoms with Gasteiger partial charge in [-0.3, -0.25) is 4.90 Å². The summed E-state index contributed by atoms with van der Waals surface area (Å²) in [6.45, 7) is 4.18. The number of hydrogen-bond donors (Lipinski definition) is 2. The van der Waals surface area contributed by atoms with Crippen molar-refractivity contribution in [3.05, 3.63) is 23.3 Å². The molecule has 1 aromatic rings. The van der Waals surface area contributed by atoms with Gasteiger partial charge >= 0.3 is 0 Å². The van der Waals surface area contributed by atoms with Gasteiger partial charge in [-0.15, -0.1) is 0 Å². The molecule has 0 spiro atoms. The molecule has 1 aromatic carbocycles. The Morgan fingerprint density at radius 1 is 1.14 bits per heavy atom. The van der Waals surface area contributed by atoms with Gasteiger partial charge in [0.05, 0.1) is 33.0 Å². The monoisotopic (exact) mass is 295 g/mol. The molecule has 0 aromatic heterocycles. The molecule has 0 aliphatic carbocycles. The molecule has 2 rings (SSSR count). The van der Waals surface area contributed by atoms with E-state index in [1.165, 1.54) is 0 Å². The number of methoxy groups -OCH3 is 2. The topological polar surface area (TPSA) is 62.2 Å². The fourth-order valence-corrected chi connectivity index (χ4v) is 3.34. The van der Waals surface area contributed by atoms with Gasteiger partial charge in [0.25, 0.3) is 0 Å². The zero-order valence-corrected chi connectivity index (χ0v) is 13.3. The Labute approximate surface area is 126 Å². The zero-order valence-electron chi connectivity index (χ0n) is 13.3. The van der Waals surface area contributed by atoms with E-state index in [-0.39, 0.29) is 18.7 Å². The molecule has 0 bridgehead atoms. The van der Waals surface area contributed by atoms with E-state index >= 15 is 0 Å². The van der Waals surface area contributed by atoms with Crippen LogP contribution in [0.15, 0.2) is 12.1 Å². The van der Waals surface area contributed by atoms with Crippen LogP contribution >= 0.6 is 0 Å². The van der Waals surface area contributed by atoms with Crippen LogP contribution in [0, 0.1) is 5.92 Å². The Morgan fingerprint density at radius 2 is 1.67 bits per heavy atom. The minimum Gasteiger partial charge on any atom is -0.493 e. The van der Waals surface area contributed by atoms with Crippen molar-refractivity contribution in [2.75, 3.05) is 27.9 Å². The van der Waals surface area contributed by atoms with Crippen LogP contribution in [-0.4, -0.2) is 49.0 Å². The van der Waals surface area contributed by atoms with Crippen molar-refractivity contribution in [1.29, 1.82) is 0 Å². The summed E-state index contributed by atoms with van der Waals surface area (Å²) in [6, 6.07) is 3.55. The molecule has 0 saturated carbocycles. The van der Waals surface area contributed by atoms with Crippen molar-refractivity contribution in [2.24, 2.45) is 5.92 Å². The summed E-state index contributed by atoms with van der Waals surface area (Å²) < 4.78 is 10.7. The van der Waals surface area contributed by atoms with Gasteiger partial charge in [0.15, 0.2) is 11.5 Å². The maximum Gasteiger partial charge on any atom is 0.161 e. The van der Waals surface area contributed by atoms with Crippen LogP contribution in [0.3, 0.4) is 0 Å². The van der Waals surface area contributed by atoms with Crippen LogP contribution in [0.25, 0.3) is 0 Å². The fraction of sp³-hybridized carbons (Fsp3) is 0.625. The first kappa shape index (κ1) is 16.1. The molecule has 1 aliphatic rings. The second-order valence-corrected chi connectivity index (χ2v) is 5.89. The summed E-state index contributed by atoms with van der Waals surface area (Å²) in [7, 11) is 5.12. The summed E-state index contributed by atoms with van der Waals surface area (Å²) in [6.07, 6.45) is -0.746. The van der Waals surface area contributed by atoms with E-state index in [9.17, 15) is 10.2 Å². The highest BCUT2D eigenvalue weighted by Crippen LogP contribution is 2.45. The molecule has 5 nitrogen and oxygen atoms in total. The first-order valence-electron chi connectivity index (χ1n) is 7.22. The summed E-state index contributed by atoms with van der Waals surface area (Å²) >= 11 is 0. The molecule has 0 fully saturated rings. The summed E-state index contributed by atoms with van der Waals surface area (Å²) in [5.74, 6) is 1.59. The Balaban J connectivity index is 2.63. The van der Waals surface area contributed by atoms with Crippen molar-refractivity contribution in [3.63, 3.8) is 0 Å². The largest absolute Gasteiger partial charge is 0.493 e. The molecule has 21 heavy (non-hydrogen) atoms. The second-order valence-electron chi connectivity index (χ2n) is 5.89. The van der Waals surface area contributed by atoms with E-state index in [1.807, 2.05) is 24.1 Å². The lowest BCUT2D eigenvalue weighted by atomic mass is 9.81. The molecule has 5 heteroatoms. The van der Waals surface area contributed by atoms with Gasteiger partial charge in [-0.05, 0) is 36.2 Å². The highest BCUT2D eigenvalue weighted by atomic mass is 16.5. The van der Waals surface area contributed by atoms with E-state index in [0.717, 1.165) is 11.1 Å². The first-order valence-corrected chi connectivity index (χ1v) is 7.22. The molecule has 1 heterocycles. The van der Waals surface area contributed by atoms with Crippen LogP contribution in [0.4, 0.5) is 0 Å². The molecule has 118 valence electrons. The zero-order chi connectivity index (χ0) is 15.7. The van der Waals surface area contributed by atoms with E-state index in [2.05, 4.69) is 13.8 Å². The van der Waals surface area contributed by atoms with Crippen molar-refractivity contribution in [3.8, 4) is 11.5 Å². The van der Waals surface area contributed by atoms with Gasteiger partial charge in [-0.25, -0.2) is 0 Å². The van der Waals surface area contributed by atoms with E-state index < -0.39 is 6.10 Å². The van der Waals surface area contributed by atoms with Gasteiger partial charge < -0.3 is 19.7 Å². The molecular weight excluding hydrogens is 270 g/mol. The smallest absolute Gasteiger partial charge is 0.161 e. The standard InChI is InChI=1S/C16H25NO4/c1-9(2)15-10-6-13(20-4)14(21-5)7-11(10)16(19)12(8-18)17(15)3/h6-7,9,12,15-16,18-19H,8H2,1-5H3/t12-,15-,16+/m0/s1. The van der Waals surface area contributed by atoms with Crippen molar-refractivity contribution >= 4 is 0 Å². The lowest BCUT2D eigenvalue weighted by Gasteiger charge is -2.45.